The van der Waals surface area contributed by atoms with Crippen molar-refractivity contribution < 1.29 is 4.79 Å². The monoisotopic (exact) mass is 300 g/mol. The maximum Gasteiger partial charge on any atom is 0.193 e. The summed E-state index contributed by atoms with van der Waals surface area (Å²) < 4.78 is 0. The molecule has 0 bridgehead atoms. The minimum absolute atomic E-state index is 0.0576. The van der Waals surface area contributed by atoms with Crippen LogP contribution in [-0.4, -0.2) is 11.2 Å². The highest BCUT2D eigenvalue weighted by Crippen LogP contribution is 2.31. The number of rotatable bonds is 5. The molecule has 1 nitrogen and oxygen atoms in total. The number of halogens is 1. The zero-order chi connectivity index (χ0) is 15.4. The molecule has 2 atom stereocenters. The molecule has 0 aliphatic carbocycles. The molecular formula is C19H21ClO. The van der Waals surface area contributed by atoms with E-state index in [1.807, 2.05) is 61.5 Å². The summed E-state index contributed by atoms with van der Waals surface area (Å²) in [5.41, 5.74) is 2.63. The van der Waals surface area contributed by atoms with E-state index < -0.39 is 0 Å². The summed E-state index contributed by atoms with van der Waals surface area (Å²) >= 11 is 6.30. The fourth-order valence-electron chi connectivity index (χ4n) is 2.79. The van der Waals surface area contributed by atoms with Gasteiger partial charge in [-0.25, -0.2) is 0 Å². The van der Waals surface area contributed by atoms with Gasteiger partial charge in [-0.2, -0.15) is 0 Å². The van der Waals surface area contributed by atoms with Crippen molar-refractivity contribution in [2.24, 2.45) is 5.92 Å². The number of ketones is 1. The Hall–Kier alpha value is -1.60. The average Bonchev–Trinajstić information content (AvgIpc) is 2.47. The third-order valence-corrected chi connectivity index (χ3v) is 4.08. The molecule has 0 spiro atoms. The van der Waals surface area contributed by atoms with Crippen molar-refractivity contribution in [3.63, 3.8) is 0 Å². The van der Waals surface area contributed by atoms with Crippen LogP contribution in [-0.2, 0) is 0 Å². The molecule has 0 saturated carbocycles. The van der Waals surface area contributed by atoms with E-state index in [0.717, 1.165) is 11.1 Å². The standard InChI is InChI=1S/C19H21ClO/c1-13(2)18(14(3)20)15-9-11-17(12-10-15)19(21)16-7-5-4-6-8-16/h4-14,18H,1-3H3. The maximum atomic E-state index is 12.4. The summed E-state index contributed by atoms with van der Waals surface area (Å²) in [5.74, 6) is 0.822. The van der Waals surface area contributed by atoms with Gasteiger partial charge >= 0.3 is 0 Å². The predicted molar refractivity (Wildman–Crippen MR) is 89.2 cm³/mol. The molecule has 2 heteroatoms. The van der Waals surface area contributed by atoms with Crippen molar-refractivity contribution in [2.45, 2.75) is 32.1 Å². The number of alkyl halides is 1. The van der Waals surface area contributed by atoms with Gasteiger partial charge in [0.1, 0.15) is 0 Å². The molecule has 0 aliphatic heterocycles. The highest BCUT2D eigenvalue weighted by Gasteiger charge is 2.21. The van der Waals surface area contributed by atoms with Gasteiger partial charge in [-0.3, -0.25) is 4.79 Å². The minimum atomic E-state index is 0.0576. The van der Waals surface area contributed by atoms with Crippen molar-refractivity contribution in [1.82, 2.24) is 0 Å². The second-order valence-corrected chi connectivity index (χ2v) is 6.45. The van der Waals surface area contributed by atoms with E-state index >= 15 is 0 Å². The lowest BCUT2D eigenvalue weighted by atomic mass is 9.85. The number of benzene rings is 2. The van der Waals surface area contributed by atoms with E-state index in [4.69, 9.17) is 11.6 Å². The third-order valence-electron chi connectivity index (χ3n) is 3.81. The van der Waals surface area contributed by atoms with Gasteiger partial charge in [-0.15, -0.1) is 11.6 Å². The first kappa shape index (κ1) is 15.8. The summed E-state index contributed by atoms with van der Waals surface area (Å²) in [6, 6.07) is 17.2. The molecule has 2 unspecified atom stereocenters. The van der Waals surface area contributed by atoms with Crippen LogP contribution in [0.4, 0.5) is 0 Å². The first-order valence-electron chi connectivity index (χ1n) is 7.34. The van der Waals surface area contributed by atoms with Crippen LogP contribution in [0.5, 0.6) is 0 Å². The Kier molecular flexibility index (Phi) is 5.19. The van der Waals surface area contributed by atoms with Crippen molar-refractivity contribution in [3.05, 3.63) is 71.3 Å². The summed E-state index contributed by atoms with van der Waals surface area (Å²) in [6.07, 6.45) is 0. The number of hydrogen-bond acceptors (Lipinski definition) is 1. The molecule has 21 heavy (non-hydrogen) atoms. The molecule has 0 amide bonds. The molecule has 0 radical (unpaired) electrons. The topological polar surface area (TPSA) is 17.1 Å². The van der Waals surface area contributed by atoms with E-state index in [1.54, 1.807) is 0 Å². The SMILES string of the molecule is CC(C)C(c1ccc(C(=O)c2ccccc2)cc1)C(C)Cl. The van der Waals surface area contributed by atoms with Crippen LogP contribution in [0.25, 0.3) is 0 Å². The summed E-state index contributed by atoms with van der Waals surface area (Å²) in [5, 5.41) is 0.0701. The Labute approximate surface area is 132 Å². The van der Waals surface area contributed by atoms with E-state index in [9.17, 15) is 4.79 Å². The number of carbonyl (C=O) groups is 1. The van der Waals surface area contributed by atoms with Gasteiger partial charge < -0.3 is 0 Å². The first-order chi connectivity index (χ1) is 10.0. The molecule has 0 heterocycles. The normalized spacial score (nSPS) is 14.0. The highest BCUT2D eigenvalue weighted by molar-refractivity contribution is 6.20. The smallest absolute Gasteiger partial charge is 0.193 e. The van der Waals surface area contributed by atoms with E-state index in [1.165, 1.54) is 5.56 Å². The van der Waals surface area contributed by atoms with Crippen molar-refractivity contribution in [1.29, 1.82) is 0 Å². The predicted octanol–water partition coefficient (Wildman–Crippen LogP) is 5.28. The minimum Gasteiger partial charge on any atom is -0.289 e. The van der Waals surface area contributed by atoms with Gasteiger partial charge in [-0.05, 0) is 18.4 Å². The fraction of sp³-hybridized carbons (Fsp3) is 0.316. The van der Waals surface area contributed by atoms with Crippen LogP contribution in [0.3, 0.4) is 0 Å². The zero-order valence-electron chi connectivity index (χ0n) is 12.7. The van der Waals surface area contributed by atoms with Crippen LogP contribution in [0.1, 0.15) is 48.2 Å². The lowest BCUT2D eigenvalue weighted by molar-refractivity contribution is 0.103. The molecule has 2 rings (SSSR count). The Bertz CT molecular complexity index is 577. The first-order valence-corrected chi connectivity index (χ1v) is 7.78. The molecule has 0 aromatic heterocycles. The van der Waals surface area contributed by atoms with Crippen molar-refractivity contribution >= 4 is 17.4 Å². The molecule has 0 N–H and O–H groups in total. The Balaban J connectivity index is 2.25. The zero-order valence-corrected chi connectivity index (χ0v) is 13.5. The molecule has 0 saturated heterocycles. The molecule has 0 fully saturated rings. The van der Waals surface area contributed by atoms with Crippen LogP contribution < -0.4 is 0 Å². The van der Waals surface area contributed by atoms with Gasteiger partial charge in [0, 0.05) is 22.4 Å². The Morgan fingerprint density at radius 1 is 0.857 bits per heavy atom. The lowest BCUT2D eigenvalue weighted by Crippen LogP contribution is -2.16. The summed E-state index contributed by atoms with van der Waals surface area (Å²) in [7, 11) is 0. The van der Waals surface area contributed by atoms with E-state index in [0.29, 0.717) is 11.8 Å². The second-order valence-electron chi connectivity index (χ2n) is 5.76. The fourth-order valence-corrected chi connectivity index (χ4v) is 3.23. The summed E-state index contributed by atoms with van der Waals surface area (Å²) in [4.78, 5) is 12.4. The molecule has 2 aromatic carbocycles. The number of carbonyl (C=O) groups excluding carboxylic acids is 1. The Morgan fingerprint density at radius 3 is 1.86 bits per heavy atom. The van der Waals surface area contributed by atoms with Crippen LogP contribution >= 0.6 is 11.6 Å². The lowest BCUT2D eigenvalue weighted by Gasteiger charge is -2.24. The van der Waals surface area contributed by atoms with E-state index in [2.05, 4.69) is 13.8 Å². The van der Waals surface area contributed by atoms with Gasteiger partial charge in [0.15, 0.2) is 5.78 Å². The van der Waals surface area contributed by atoms with Crippen LogP contribution in [0, 0.1) is 5.92 Å². The molecule has 110 valence electrons. The Morgan fingerprint density at radius 2 is 1.38 bits per heavy atom. The molecule has 2 aromatic rings. The second kappa shape index (κ2) is 6.91. The van der Waals surface area contributed by atoms with Crippen LogP contribution in [0.15, 0.2) is 54.6 Å². The van der Waals surface area contributed by atoms with E-state index in [-0.39, 0.29) is 11.2 Å². The highest BCUT2D eigenvalue weighted by atomic mass is 35.5. The largest absolute Gasteiger partial charge is 0.289 e. The van der Waals surface area contributed by atoms with Crippen LogP contribution in [0.2, 0.25) is 0 Å². The van der Waals surface area contributed by atoms with Crippen molar-refractivity contribution in [3.8, 4) is 0 Å². The summed E-state index contributed by atoms with van der Waals surface area (Å²) in [6.45, 7) is 6.37. The van der Waals surface area contributed by atoms with Gasteiger partial charge in [0.25, 0.3) is 0 Å². The quantitative estimate of drug-likeness (QED) is 0.542. The van der Waals surface area contributed by atoms with Gasteiger partial charge in [0.05, 0.1) is 0 Å². The van der Waals surface area contributed by atoms with Crippen molar-refractivity contribution in [2.75, 3.05) is 0 Å². The van der Waals surface area contributed by atoms with Gasteiger partial charge in [-0.1, -0.05) is 68.4 Å². The van der Waals surface area contributed by atoms with Gasteiger partial charge in [0.2, 0.25) is 0 Å². The average molecular weight is 301 g/mol. The molecular weight excluding hydrogens is 280 g/mol. The number of hydrogen-bond donors (Lipinski definition) is 0. The maximum absolute atomic E-state index is 12.4. The third kappa shape index (κ3) is 3.74. The molecule has 0 aliphatic rings.